The second-order valence-electron chi connectivity index (χ2n) is 5.77. The summed E-state index contributed by atoms with van der Waals surface area (Å²) < 4.78 is 0. The standard InChI is InChI=1S/C18H23N3O2S/c1-4-9-19-17(23)13(3)20-16(22)10-15-11-24-18(21-15)14-7-5-12(2)6-8-14/h5-8,11,13H,4,9-10H2,1-3H3,(H,19,23)(H,20,22)/t13-/m0/s1. The minimum Gasteiger partial charge on any atom is -0.354 e. The Morgan fingerprint density at radius 2 is 1.96 bits per heavy atom. The van der Waals surface area contributed by atoms with E-state index in [9.17, 15) is 9.59 Å². The van der Waals surface area contributed by atoms with Crippen LogP contribution in [0.4, 0.5) is 0 Å². The SMILES string of the molecule is CCCNC(=O)[C@H](C)NC(=O)Cc1csc(-c2ccc(C)cc2)n1. The molecule has 1 atom stereocenters. The summed E-state index contributed by atoms with van der Waals surface area (Å²) in [6, 6.07) is 7.59. The van der Waals surface area contributed by atoms with Gasteiger partial charge in [-0.15, -0.1) is 11.3 Å². The molecule has 0 radical (unpaired) electrons. The van der Waals surface area contributed by atoms with E-state index >= 15 is 0 Å². The largest absolute Gasteiger partial charge is 0.354 e. The summed E-state index contributed by atoms with van der Waals surface area (Å²) in [6.45, 7) is 6.32. The molecule has 1 aromatic heterocycles. The van der Waals surface area contributed by atoms with Gasteiger partial charge in [0.1, 0.15) is 11.0 Å². The highest BCUT2D eigenvalue weighted by atomic mass is 32.1. The van der Waals surface area contributed by atoms with Crippen molar-refractivity contribution in [2.45, 2.75) is 39.7 Å². The molecule has 0 bridgehead atoms. The molecule has 0 saturated carbocycles. The van der Waals surface area contributed by atoms with E-state index in [0.29, 0.717) is 12.2 Å². The molecule has 2 aromatic rings. The number of benzene rings is 1. The molecule has 0 spiro atoms. The predicted octanol–water partition coefficient (Wildman–Crippen LogP) is 2.69. The number of rotatable bonds is 7. The van der Waals surface area contributed by atoms with E-state index in [1.807, 2.05) is 43.5 Å². The summed E-state index contributed by atoms with van der Waals surface area (Å²) >= 11 is 1.52. The third kappa shape index (κ3) is 5.16. The number of aryl methyl sites for hydroxylation is 1. The molecule has 2 N–H and O–H groups in total. The third-order valence-corrected chi connectivity index (χ3v) is 4.45. The molecular formula is C18H23N3O2S. The first-order valence-corrected chi connectivity index (χ1v) is 8.96. The Kier molecular flexibility index (Phi) is 6.49. The Bertz CT molecular complexity index is 695. The minimum absolute atomic E-state index is 0.163. The van der Waals surface area contributed by atoms with Gasteiger partial charge in [0.05, 0.1) is 12.1 Å². The van der Waals surface area contributed by atoms with Crippen LogP contribution in [0.25, 0.3) is 10.6 Å². The lowest BCUT2D eigenvalue weighted by molar-refractivity contribution is -0.128. The highest BCUT2D eigenvalue weighted by Crippen LogP contribution is 2.24. The van der Waals surface area contributed by atoms with Gasteiger partial charge in [0.15, 0.2) is 0 Å². The summed E-state index contributed by atoms with van der Waals surface area (Å²) in [5.74, 6) is -0.362. The Morgan fingerprint density at radius 3 is 2.62 bits per heavy atom. The molecule has 0 saturated heterocycles. The Hall–Kier alpha value is -2.21. The van der Waals surface area contributed by atoms with Crippen molar-refractivity contribution in [2.75, 3.05) is 6.54 Å². The van der Waals surface area contributed by atoms with Gasteiger partial charge in [-0.3, -0.25) is 9.59 Å². The van der Waals surface area contributed by atoms with Crippen molar-refractivity contribution in [3.8, 4) is 10.6 Å². The van der Waals surface area contributed by atoms with Crippen LogP contribution in [0.15, 0.2) is 29.6 Å². The van der Waals surface area contributed by atoms with Crippen LogP contribution in [-0.4, -0.2) is 29.4 Å². The maximum atomic E-state index is 12.1. The number of nitrogens with one attached hydrogen (secondary N) is 2. The van der Waals surface area contributed by atoms with E-state index in [1.165, 1.54) is 16.9 Å². The fourth-order valence-corrected chi connectivity index (χ4v) is 2.97. The van der Waals surface area contributed by atoms with E-state index in [4.69, 9.17) is 0 Å². The van der Waals surface area contributed by atoms with Gasteiger partial charge in [-0.25, -0.2) is 4.98 Å². The second kappa shape index (κ2) is 8.59. The van der Waals surface area contributed by atoms with E-state index in [0.717, 1.165) is 17.0 Å². The Labute approximate surface area is 146 Å². The van der Waals surface area contributed by atoms with Crippen LogP contribution in [0, 0.1) is 6.92 Å². The first-order chi connectivity index (χ1) is 11.5. The number of hydrogen-bond acceptors (Lipinski definition) is 4. The van der Waals surface area contributed by atoms with Crippen molar-refractivity contribution in [1.29, 1.82) is 0 Å². The van der Waals surface area contributed by atoms with Gasteiger partial charge >= 0.3 is 0 Å². The highest BCUT2D eigenvalue weighted by Gasteiger charge is 2.16. The van der Waals surface area contributed by atoms with Crippen molar-refractivity contribution in [3.63, 3.8) is 0 Å². The topological polar surface area (TPSA) is 71.1 Å². The molecule has 0 fully saturated rings. The molecule has 2 rings (SSSR count). The van der Waals surface area contributed by atoms with Crippen LogP contribution in [-0.2, 0) is 16.0 Å². The Balaban J connectivity index is 1.90. The van der Waals surface area contributed by atoms with Gasteiger partial charge < -0.3 is 10.6 Å². The summed E-state index contributed by atoms with van der Waals surface area (Å²) in [5, 5.41) is 8.25. The minimum atomic E-state index is -0.542. The quantitative estimate of drug-likeness (QED) is 0.810. The number of aromatic nitrogens is 1. The van der Waals surface area contributed by atoms with Crippen LogP contribution in [0.3, 0.4) is 0 Å². The first kappa shape index (κ1) is 18.1. The lowest BCUT2D eigenvalue weighted by Crippen LogP contribution is -2.45. The fraction of sp³-hybridized carbons (Fsp3) is 0.389. The molecule has 0 aliphatic heterocycles. The molecule has 24 heavy (non-hydrogen) atoms. The average molecular weight is 345 g/mol. The van der Waals surface area contributed by atoms with Gasteiger partial charge in [-0.1, -0.05) is 36.8 Å². The maximum absolute atomic E-state index is 12.1. The lowest BCUT2D eigenvalue weighted by Gasteiger charge is -2.13. The molecule has 0 aliphatic carbocycles. The number of amides is 2. The molecule has 1 heterocycles. The summed E-state index contributed by atoms with van der Waals surface area (Å²) in [7, 11) is 0. The van der Waals surface area contributed by atoms with Crippen molar-refractivity contribution < 1.29 is 9.59 Å². The predicted molar refractivity (Wildman–Crippen MR) is 96.9 cm³/mol. The number of nitrogens with zero attached hydrogens (tertiary/aromatic N) is 1. The first-order valence-electron chi connectivity index (χ1n) is 8.08. The molecule has 0 aliphatic rings. The van der Waals surface area contributed by atoms with Gasteiger partial charge in [0.2, 0.25) is 11.8 Å². The molecule has 0 unspecified atom stereocenters. The molecule has 5 nitrogen and oxygen atoms in total. The van der Waals surface area contributed by atoms with Crippen LogP contribution in [0.1, 0.15) is 31.5 Å². The van der Waals surface area contributed by atoms with Gasteiger partial charge in [0.25, 0.3) is 0 Å². The molecule has 1 aromatic carbocycles. The maximum Gasteiger partial charge on any atom is 0.242 e. The van der Waals surface area contributed by atoms with Gasteiger partial charge in [0, 0.05) is 17.5 Å². The fourth-order valence-electron chi connectivity index (χ4n) is 2.14. The number of carbonyl (C=O) groups is 2. The van der Waals surface area contributed by atoms with Crippen molar-refractivity contribution in [2.24, 2.45) is 0 Å². The van der Waals surface area contributed by atoms with Crippen LogP contribution in [0.5, 0.6) is 0 Å². The summed E-state index contributed by atoms with van der Waals surface area (Å²) in [6.07, 6.45) is 1.04. The van der Waals surface area contributed by atoms with Crippen molar-refractivity contribution >= 4 is 23.2 Å². The average Bonchev–Trinajstić information content (AvgIpc) is 3.01. The molecule has 2 amide bonds. The smallest absolute Gasteiger partial charge is 0.242 e. The van der Waals surface area contributed by atoms with E-state index < -0.39 is 6.04 Å². The zero-order valence-electron chi connectivity index (χ0n) is 14.3. The molecule has 6 heteroatoms. The van der Waals surface area contributed by atoms with E-state index in [1.54, 1.807) is 6.92 Å². The highest BCUT2D eigenvalue weighted by molar-refractivity contribution is 7.13. The van der Waals surface area contributed by atoms with Crippen molar-refractivity contribution in [1.82, 2.24) is 15.6 Å². The van der Waals surface area contributed by atoms with Crippen LogP contribution in [0.2, 0.25) is 0 Å². The number of hydrogen-bond donors (Lipinski definition) is 2. The van der Waals surface area contributed by atoms with Gasteiger partial charge in [-0.2, -0.15) is 0 Å². The number of thiazole rings is 1. The zero-order chi connectivity index (χ0) is 17.5. The van der Waals surface area contributed by atoms with E-state index in [2.05, 4.69) is 15.6 Å². The van der Waals surface area contributed by atoms with Crippen LogP contribution < -0.4 is 10.6 Å². The number of carbonyl (C=O) groups excluding carboxylic acids is 2. The monoisotopic (exact) mass is 345 g/mol. The van der Waals surface area contributed by atoms with Crippen LogP contribution >= 0.6 is 11.3 Å². The molecular weight excluding hydrogens is 322 g/mol. The van der Waals surface area contributed by atoms with Crippen molar-refractivity contribution in [3.05, 3.63) is 40.9 Å². The third-order valence-electron chi connectivity index (χ3n) is 3.51. The summed E-state index contributed by atoms with van der Waals surface area (Å²) in [4.78, 5) is 28.3. The Morgan fingerprint density at radius 1 is 1.25 bits per heavy atom. The van der Waals surface area contributed by atoms with E-state index in [-0.39, 0.29) is 18.2 Å². The lowest BCUT2D eigenvalue weighted by atomic mass is 10.2. The normalized spacial score (nSPS) is 11.8. The zero-order valence-corrected chi connectivity index (χ0v) is 15.1. The second-order valence-corrected chi connectivity index (χ2v) is 6.63. The van der Waals surface area contributed by atoms with Gasteiger partial charge in [-0.05, 0) is 20.3 Å². The summed E-state index contributed by atoms with van der Waals surface area (Å²) in [5.41, 5.74) is 2.96. The molecule has 128 valence electrons.